The first-order valence-electron chi connectivity index (χ1n) is 6.02. The second-order valence-corrected chi connectivity index (χ2v) is 4.68. The molecule has 0 spiro atoms. The van der Waals surface area contributed by atoms with Crippen molar-refractivity contribution in [3.8, 4) is 0 Å². The molecule has 0 radical (unpaired) electrons. The Morgan fingerprint density at radius 1 is 1.40 bits per heavy atom. The molecule has 3 heterocycles. The molecule has 0 bridgehead atoms. The average molecular weight is 282 g/mol. The summed E-state index contributed by atoms with van der Waals surface area (Å²) in [6.07, 6.45) is -2.76. The second-order valence-electron chi connectivity index (χ2n) is 4.68. The van der Waals surface area contributed by atoms with E-state index in [4.69, 9.17) is 15.6 Å². The Morgan fingerprint density at radius 3 is 2.80 bits per heavy atom. The van der Waals surface area contributed by atoms with E-state index in [9.17, 15) is 15.0 Å². The van der Waals surface area contributed by atoms with Gasteiger partial charge in [0, 0.05) is 11.8 Å². The van der Waals surface area contributed by atoms with E-state index in [0.717, 1.165) is 0 Å². The topological polar surface area (TPSA) is 157 Å². The van der Waals surface area contributed by atoms with Gasteiger partial charge in [-0.05, 0) is 0 Å². The molecule has 1 fully saturated rings. The SMILES string of the molecule is Nc1nc2c([C@@H]3O[C@H](CO)[C@@H](O)[C@H]3O)c[nH]c2c(=O)[nH]1. The smallest absolute Gasteiger partial charge is 0.276 e. The minimum absolute atomic E-state index is 0.0601. The molecule has 9 heteroatoms. The molecule has 9 nitrogen and oxygen atoms in total. The normalized spacial score (nSPS) is 30.1. The quantitative estimate of drug-likeness (QED) is 0.371. The summed E-state index contributed by atoms with van der Waals surface area (Å²) in [5.74, 6) is -0.0601. The predicted molar refractivity (Wildman–Crippen MR) is 67.8 cm³/mol. The number of aromatic amines is 2. The average Bonchev–Trinajstić information content (AvgIpc) is 2.93. The number of nitrogens with one attached hydrogen (secondary N) is 2. The summed E-state index contributed by atoms with van der Waals surface area (Å²) in [7, 11) is 0. The van der Waals surface area contributed by atoms with Crippen molar-refractivity contribution < 1.29 is 20.1 Å². The highest BCUT2D eigenvalue weighted by Gasteiger charge is 2.44. The summed E-state index contributed by atoms with van der Waals surface area (Å²) in [5.41, 5.74) is 5.92. The number of H-pyrrole nitrogens is 2. The molecule has 108 valence electrons. The van der Waals surface area contributed by atoms with Gasteiger partial charge in [0.15, 0.2) is 0 Å². The summed E-state index contributed by atoms with van der Waals surface area (Å²) in [6.45, 7) is -0.423. The van der Waals surface area contributed by atoms with Crippen LogP contribution in [0.2, 0.25) is 0 Å². The van der Waals surface area contributed by atoms with Gasteiger partial charge in [-0.3, -0.25) is 9.78 Å². The van der Waals surface area contributed by atoms with Gasteiger partial charge in [0.1, 0.15) is 35.4 Å². The van der Waals surface area contributed by atoms with Gasteiger partial charge in [0.25, 0.3) is 5.56 Å². The highest BCUT2D eigenvalue weighted by Crippen LogP contribution is 2.35. The Hall–Kier alpha value is -1.94. The van der Waals surface area contributed by atoms with Gasteiger partial charge in [-0.1, -0.05) is 0 Å². The molecule has 2 aromatic rings. The fourth-order valence-corrected chi connectivity index (χ4v) is 2.43. The maximum absolute atomic E-state index is 11.7. The number of rotatable bonds is 2. The van der Waals surface area contributed by atoms with Crippen LogP contribution < -0.4 is 11.3 Å². The molecule has 0 saturated carbocycles. The third-order valence-electron chi connectivity index (χ3n) is 3.43. The summed E-state index contributed by atoms with van der Waals surface area (Å²) in [4.78, 5) is 20.8. The Morgan fingerprint density at radius 2 is 2.15 bits per heavy atom. The first-order chi connectivity index (χ1) is 9.52. The lowest BCUT2D eigenvalue weighted by atomic mass is 10.0. The Labute approximate surface area is 112 Å². The molecule has 1 aliphatic heterocycles. The fourth-order valence-electron chi connectivity index (χ4n) is 2.43. The van der Waals surface area contributed by atoms with Crippen molar-refractivity contribution >= 4 is 17.0 Å². The monoisotopic (exact) mass is 282 g/mol. The zero-order valence-corrected chi connectivity index (χ0v) is 10.3. The van der Waals surface area contributed by atoms with E-state index >= 15 is 0 Å². The van der Waals surface area contributed by atoms with E-state index in [2.05, 4.69) is 15.0 Å². The largest absolute Gasteiger partial charge is 0.394 e. The van der Waals surface area contributed by atoms with Crippen LogP contribution in [-0.4, -0.2) is 55.2 Å². The van der Waals surface area contributed by atoms with Crippen molar-refractivity contribution in [2.24, 2.45) is 0 Å². The molecule has 20 heavy (non-hydrogen) atoms. The highest BCUT2D eigenvalue weighted by atomic mass is 16.6. The fraction of sp³-hybridized carbons (Fsp3) is 0.455. The van der Waals surface area contributed by atoms with Gasteiger partial charge in [0.2, 0.25) is 5.95 Å². The molecule has 0 unspecified atom stereocenters. The number of hydrogen-bond acceptors (Lipinski definition) is 7. The predicted octanol–water partition coefficient (Wildman–Crippen LogP) is -2.01. The minimum atomic E-state index is -1.23. The zero-order chi connectivity index (χ0) is 14.4. The number of anilines is 1. The van der Waals surface area contributed by atoms with Crippen molar-refractivity contribution in [3.05, 3.63) is 22.1 Å². The van der Waals surface area contributed by atoms with E-state index in [-0.39, 0.29) is 17.0 Å². The first-order valence-corrected chi connectivity index (χ1v) is 6.02. The highest BCUT2D eigenvalue weighted by molar-refractivity contribution is 5.79. The van der Waals surface area contributed by atoms with Crippen LogP contribution in [0, 0.1) is 0 Å². The number of nitrogens with zero attached hydrogens (tertiary/aromatic N) is 1. The van der Waals surface area contributed by atoms with Crippen LogP contribution >= 0.6 is 0 Å². The van der Waals surface area contributed by atoms with E-state index in [1.807, 2.05) is 0 Å². The van der Waals surface area contributed by atoms with Gasteiger partial charge in [0.05, 0.1) is 6.61 Å². The minimum Gasteiger partial charge on any atom is -0.394 e. The Kier molecular flexibility index (Phi) is 2.98. The lowest BCUT2D eigenvalue weighted by Crippen LogP contribution is -2.32. The molecule has 0 aromatic carbocycles. The summed E-state index contributed by atoms with van der Waals surface area (Å²) < 4.78 is 5.40. The van der Waals surface area contributed by atoms with E-state index in [1.165, 1.54) is 6.20 Å². The standard InChI is InChI=1S/C11H14N4O5/c12-11-14-5-3(1-13-6(5)10(19)15-11)9-8(18)7(17)4(2-16)20-9/h1,4,7-9,13,16-18H,2H2,(H3,12,14,15,19)/t4-,7-,8-,9+/m1/s1. The first kappa shape index (κ1) is 13.1. The van der Waals surface area contributed by atoms with Crippen molar-refractivity contribution in [2.45, 2.75) is 24.4 Å². The van der Waals surface area contributed by atoms with Crippen LogP contribution in [0.3, 0.4) is 0 Å². The Bertz CT molecular complexity index is 696. The number of hydrogen-bond donors (Lipinski definition) is 6. The molecule has 1 aliphatic rings. The van der Waals surface area contributed by atoms with Crippen molar-refractivity contribution in [2.75, 3.05) is 12.3 Å². The van der Waals surface area contributed by atoms with E-state index in [0.29, 0.717) is 5.56 Å². The number of ether oxygens (including phenoxy) is 1. The molecule has 4 atom stereocenters. The third-order valence-corrected chi connectivity index (χ3v) is 3.43. The van der Waals surface area contributed by atoms with Crippen molar-refractivity contribution in [3.63, 3.8) is 0 Å². The number of aromatic nitrogens is 3. The van der Waals surface area contributed by atoms with E-state index < -0.39 is 36.6 Å². The summed E-state index contributed by atoms with van der Waals surface area (Å²) in [6, 6.07) is 0. The summed E-state index contributed by atoms with van der Waals surface area (Å²) >= 11 is 0. The molecular formula is C11H14N4O5. The molecule has 2 aromatic heterocycles. The maximum Gasteiger partial charge on any atom is 0.276 e. The van der Waals surface area contributed by atoms with Crippen LogP contribution in [0.15, 0.2) is 11.0 Å². The van der Waals surface area contributed by atoms with Crippen LogP contribution in [0.4, 0.5) is 5.95 Å². The molecule has 1 saturated heterocycles. The lowest BCUT2D eigenvalue weighted by Gasteiger charge is -2.13. The Balaban J connectivity index is 2.09. The number of nitrogens with two attached hydrogens (primary N) is 1. The van der Waals surface area contributed by atoms with Crippen LogP contribution in [-0.2, 0) is 4.74 Å². The number of fused-ring (bicyclic) bond motifs is 1. The zero-order valence-electron chi connectivity index (χ0n) is 10.3. The molecule has 0 aliphatic carbocycles. The van der Waals surface area contributed by atoms with Crippen LogP contribution in [0.25, 0.3) is 11.0 Å². The van der Waals surface area contributed by atoms with Gasteiger partial charge in [-0.15, -0.1) is 0 Å². The van der Waals surface area contributed by atoms with Crippen molar-refractivity contribution in [1.29, 1.82) is 0 Å². The van der Waals surface area contributed by atoms with Crippen LogP contribution in [0.5, 0.6) is 0 Å². The molecule has 3 rings (SSSR count). The van der Waals surface area contributed by atoms with E-state index in [1.54, 1.807) is 0 Å². The van der Waals surface area contributed by atoms with Gasteiger partial charge >= 0.3 is 0 Å². The third kappa shape index (κ3) is 1.79. The maximum atomic E-state index is 11.7. The lowest BCUT2D eigenvalue weighted by molar-refractivity contribution is -0.0224. The van der Waals surface area contributed by atoms with Gasteiger partial charge < -0.3 is 30.8 Å². The van der Waals surface area contributed by atoms with Gasteiger partial charge in [-0.2, -0.15) is 0 Å². The van der Waals surface area contributed by atoms with Crippen LogP contribution in [0.1, 0.15) is 11.7 Å². The number of aliphatic hydroxyl groups is 3. The van der Waals surface area contributed by atoms with Crippen molar-refractivity contribution in [1.82, 2.24) is 15.0 Å². The number of nitrogen functional groups attached to an aromatic ring is 1. The number of aliphatic hydroxyl groups excluding tert-OH is 3. The van der Waals surface area contributed by atoms with Gasteiger partial charge in [-0.25, -0.2) is 4.98 Å². The molecular weight excluding hydrogens is 268 g/mol. The summed E-state index contributed by atoms with van der Waals surface area (Å²) in [5, 5.41) is 28.8. The second kappa shape index (κ2) is 4.56. The molecule has 0 amide bonds. The molecule has 7 N–H and O–H groups in total.